The van der Waals surface area contributed by atoms with Crippen LogP contribution in [0.15, 0.2) is 30.3 Å². The lowest BCUT2D eigenvalue weighted by molar-refractivity contribution is -0.116. The summed E-state index contributed by atoms with van der Waals surface area (Å²) in [5.74, 6) is 0.651. The molecule has 2 aromatic rings. The average Bonchev–Trinajstić information content (AvgIpc) is 2.43. The van der Waals surface area contributed by atoms with Crippen LogP contribution in [0.2, 0.25) is 0 Å². The minimum absolute atomic E-state index is 0.0174. The van der Waals surface area contributed by atoms with Crippen LogP contribution in [0.4, 0.5) is 15.8 Å². The normalized spacial score (nSPS) is 13.5. The number of hydrogen-bond acceptors (Lipinski definition) is 3. The summed E-state index contributed by atoms with van der Waals surface area (Å²) in [5.41, 5.74) is 8.88. The molecule has 108 valence electrons. The van der Waals surface area contributed by atoms with Crippen LogP contribution in [0.25, 0.3) is 0 Å². The van der Waals surface area contributed by atoms with Crippen molar-refractivity contribution < 1.29 is 13.9 Å². The largest absolute Gasteiger partial charge is 0.455 e. The number of fused-ring (bicyclic) bond motifs is 1. The van der Waals surface area contributed by atoms with E-state index in [9.17, 15) is 9.18 Å². The lowest BCUT2D eigenvalue weighted by Gasteiger charge is -2.19. The van der Waals surface area contributed by atoms with Crippen molar-refractivity contribution >= 4 is 17.3 Å². The number of rotatable bonds is 2. The zero-order chi connectivity index (χ0) is 15.0. The van der Waals surface area contributed by atoms with Gasteiger partial charge in [0.05, 0.1) is 5.69 Å². The molecule has 1 heterocycles. The van der Waals surface area contributed by atoms with Crippen molar-refractivity contribution in [3.63, 3.8) is 0 Å². The first-order valence-electron chi connectivity index (χ1n) is 6.69. The van der Waals surface area contributed by atoms with Gasteiger partial charge in [-0.2, -0.15) is 0 Å². The number of carbonyl (C=O) groups excluding carboxylic acids is 1. The molecule has 4 nitrogen and oxygen atoms in total. The molecule has 1 aliphatic rings. The number of nitrogens with one attached hydrogen (secondary N) is 1. The highest BCUT2D eigenvalue weighted by Gasteiger charge is 2.17. The van der Waals surface area contributed by atoms with Gasteiger partial charge in [0, 0.05) is 18.2 Å². The van der Waals surface area contributed by atoms with E-state index in [-0.39, 0.29) is 11.7 Å². The molecule has 0 radical (unpaired) electrons. The summed E-state index contributed by atoms with van der Waals surface area (Å²) >= 11 is 0. The van der Waals surface area contributed by atoms with E-state index in [1.165, 1.54) is 12.1 Å². The minimum atomic E-state index is -0.314. The number of hydrogen-bond donors (Lipinski definition) is 2. The zero-order valence-corrected chi connectivity index (χ0v) is 11.6. The summed E-state index contributed by atoms with van der Waals surface area (Å²) in [6, 6.07) is 7.81. The van der Waals surface area contributed by atoms with Crippen LogP contribution in [0.5, 0.6) is 11.5 Å². The van der Waals surface area contributed by atoms with Gasteiger partial charge in [-0.25, -0.2) is 4.39 Å². The van der Waals surface area contributed by atoms with Gasteiger partial charge in [0.1, 0.15) is 11.6 Å². The van der Waals surface area contributed by atoms with Crippen LogP contribution >= 0.6 is 0 Å². The van der Waals surface area contributed by atoms with Crippen molar-refractivity contribution in [3.05, 3.63) is 47.3 Å². The summed E-state index contributed by atoms with van der Waals surface area (Å²) in [4.78, 5) is 11.4. The van der Waals surface area contributed by atoms with E-state index in [1.54, 1.807) is 19.1 Å². The summed E-state index contributed by atoms with van der Waals surface area (Å²) in [6.45, 7) is 1.76. The molecule has 3 rings (SSSR count). The molecule has 0 spiro atoms. The molecule has 3 N–H and O–H groups in total. The van der Waals surface area contributed by atoms with E-state index in [4.69, 9.17) is 10.5 Å². The first-order valence-corrected chi connectivity index (χ1v) is 6.69. The molecule has 0 saturated carbocycles. The Kier molecular flexibility index (Phi) is 3.25. The Balaban J connectivity index is 1.95. The molecule has 0 atom stereocenters. The molecule has 21 heavy (non-hydrogen) atoms. The molecular formula is C16H15FN2O2. The minimum Gasteiger partial charge on any atom is -0.455 e. The van der Waals surface area contributed by atoms with Gasteiger partial charge in [-0.3, -0.25) is 4.79 Å². The Bertz CT molecular complexity index is 728. The fourth-order valence-corrected chi connectivity index (χ4v) is 2.36. The van der Waals surface area contributed by atoms with E-state index in [0.29, 0.717) is 35.6 Å². The van der Waals surface area contributed by atoms with Crippen molar-refractivity contribution in [2.75, 3.05) is 11.1 Å². The second kappa shape index (κ2) is 5.09. The molecule has 2 aromatic carbocycles. The molecule has 5 heteroatoms. The summed E-state index contributed by atoms with van der Waals surface area (Å²) in [6.07, 6.45) is 1.13. The second-order valence-electron chi connectivity index (χ2n) is 5.11. The molecule has 0 saturated heterocycles. The highest BCUT2D eigenvalue weighted by atomic mass is 19.1. The van der Waals surface area contributed by atoms with Gasteiger partial charge in [0.2, 0.25) is 5.91 Å². The van der Waals surface area contributed by atoms with Crippen LogP contribution in [0, 0.1) is 12.7 Å². The number of benzene rings is 2. The van der Waals surface area contributed by atoms with Crippen molar-refractivity contribution in [2.45, 2.75) is 19.8 Å². The third kappa shape index (κ3) is 2.67. The number of halogens is 1. The maximum absolute atomic E-state index is 13.1. The number of amides is 1. The van der Waals surface area contributed by atoms with Gasteiger partial charge in [0.15, 0.2) is 5.75 Å². The van der Waals surface area contributed by atoms with Crippen molar-refractivity contribution in [3.8, 4) is 11.5 Å². The van der Waals surface area contributed by atoms with Gasteiger partial charge in [0.25, 0.3) is 0 Å². The van der Waals surface area contributed by atoms with Crippen LogP contribution in [-0.2, 0) is 11.2 Å². The molecule has 0 aliphatic carbocycles. The Morgan fingerprint density at radius 2 is 2.00 bits per heavy atom. The fourth-order valence-electron chi connectivity index (χ4n) is 2.36. The number of anilines is 2. The molecule has 0 fully saturated rings. The molecule has 0 aromatic heterocycles. The number of nitrogen functional groups attached to an aromatic ring is 1. The highest BCUT2D eigenvalue weighted by Crippen LogP contribution is 2.36. The van der Waals surface area contributed by atoms with Gasteiger partial charge >= 0.3 is 0 Å². The summed E-state index contributed by atoms with van der Waals surface area (Å²) < 4.78 is 18.9. The van der Waals surface area contributed by atoms with Crippen molar-refractivity contribution in [2.24, 2.45) is 0 Å². The predicted molar refractivity (Wildman–Crippen MR) is 79.0 cm³/mol. The van der Waals surface area contributed by atoms with E-state index < -0.39 is 0 Å². The van der Waals surface area contributed by atoms with E-state index in [1.807, 2.05) is 6.07 Å². The standard InChI is InChI=1S/C16H15FN2O2/c1-9-6-11(17)3-4-14(9)21-15-8-13-10(7-12(15)18)2-5-16(20)19-13/h3-4,6-8H,2,5,18H2,1H3,(H,19,20). The first kappa shape index (κ1) is 13.4. The second-order valence-corrected chi connectivity index (χ2v) is 5.11. The molecule has 0 unspecified atom stereocenters. The SMILES string of the molecule is Cc1cc(F)ccc1Oc1cc2c(cc1N)CCC(=O)N2. The highest BCUT2D eigenvalue weighted by molar-refractivity contribution is 5.94. The third-order valence-electron chi connectivity index (χ3n) is 3.49. The van der Waals surface area contributed by atoms with Crippen molar-refractivity contribution in [1.29, 1.82) is 0 Å². The Morgan fingerprint density at radius 1 is 1.19 bits per heavy atom. The molecule has 1 aliphatic heterocycles. The first-order chi connectivity index (χ1) is 10.0. The Morgan fingerprint density at radius 3 is 2.76 bits per heavy atom. The van der Waals surface area contributed by atoms with E-state index in [0.717, 1.165) is 11.3 Å². The number of nitrogens with two attached hydrogens (primary N) is 1. The Labute approximate surface area is 121 Å². The lowest BCUT2D eigenvalue weighted by Crippen LogP contribution is -2.19. The lowest BCUT2D eigenvalue weighted by atomic mass is 10.0. The smallest absolute Gasteiger partial charge is 0.224 e. The third-order valence-corrected chi connectivity index (χ3v) is 3.49. The van der Waals surface area contributed by atoms with E-state index in [2.05, 4.69) is 5.32 Å². The summed E-state index contributed by atoms with van der Waals surface area (Å²) in [7, 11) is 0. The predicted octanol–water partition coefficient (Wildman–Crippen LogP) is 3.39. The summed E-state index contributed by atoms with van der Waals surface area (Å²) in [5, 5.41) is 2.80. The van der Waals surface area contributed by atoms with Crippen LogP contribution in [0.3, 0.4) is 0 Å². The average molecular weight is 286 g/mol. The zero-order valence-electron chi connectivity index (χ0n) is 11.6. The van der Waals surface area contributed by atoms with Gasteiger partial charge in [-0.15, -0.1) is 0 Å². The van der Waals surface area contributed by atoms with Gasteiger partial charge in [-0.05, 0) is 48.7 Å². The van der Waals surface area contributed by atoms with Crippen LogP contribution < -0.4 is 15.8 Å². The van der Waals surface area contributed by atoms with Crippen molar-refractivity contribution in [1.82, 2.24) is 0 Å². The maximum atomic E-state index is 13.1. The van der Waals surface area contributed by atoms with E-state index >= 15 is 0 Å². The molecule has 0 bridgehead atoms. The van der Waals surface area contributed by atoms with Gasteiger partial charge in [-0.1, -0.05) is 0 Å². The number of carbonyl (C=O) groups is 1. The van der Waals surface area contributed by atoms with Crippen LogP contribution in [-0.4, -0.2) is 5.91 Å². The molecule has 1 amide bonds. The Hall–Kier alpha value is -2.56. The topological polar surface area (TPSA) is 64.3 Å². The quantitative estimate of drug-likeness (QED) is 0.832. The number of ether oxygens (including phenoxy) is 1. The van der Waals surface area contributed by atoms with Crippen LogP contribution in [0.1, 0.15) is 17.5 Å². The fraction of sp³-hybridized carbons (Fsp3) is 0.188. The number of aryl methyl sites for hydroxylation is 2. The maximum Gasteiger partial charge on any atom is 0.224 e. The monoisotopic (exact) mass is 286 g/mol. The molecular weight excluding hydrogens is 271 g/mol. The van der Waals surface area contributed by atoms with Gasteiger partial charge < -0.3 is 15.8 Å².